The lowest BCUT2D eigenvalue weighted by Crippen LogP contribution is -2.23. The largest absolute Gasteiger partial charge is 0.305 e. The summed E-state index contributed by atoms with van der Waals surface area (Å²) in [6.45, 7) is 5.08. The van der Waals surface area contributed by atoms with Gasteiger partial charge < -0.3 is 5.32 Å². The minimum Gasteiger partial charge on any atom is -0.305 e. The number of aryl methyl sites for hydroxylation is 2. The number of hydrogen-bond donors (Lipinski definition) is 1. The zero-order chi connectivity index (χ0) is 12.4. The number of rotatable bonds is 4. The van der Waals surface area contributed by atoms with Crippen molar-refractivity contribution < 1.29 is 0 Å². The standard InChI is InChI=1S/C12H16BrN3S/c1-4-14-11(12-9(13)5-6-17-12)10-7-8(2)15-16(10)3/h5-7,11,14H,4H2,1-3H3. The summed E-state index contributed by atoms with van der Waals surface area (Å²) in [6, 6.07) is 4.44. The monoisotopic (exact) mass is 313 g/mol. The number of thiophene rings is 1. The molecule has 0 aliphatic rings. The Kier molecular flexibility index (Phi) is 4.01. The summed E-state index contributed by atoms with van der Waals surface area (Å²) >= 11 is 5.37. The summed E-state index contributed by atoms with van der Waals surface area (Å²) in [5.41, 5.74) is 2.26. The first-order valence-corrected chi connectivity index (χ1v) is 7.27. The summed E-state index contributed by atoms with van der Waals surface area (Å²) in [7, 11) is 1.99. The first-order chi connectivity index (χ1) is 8.13. The number of nitrogens with one attached hydrogen (secondary N) is 1. The number of nitrogens with zero attached hydrogens (tertiary/aromatic N) is 2. The van der Waals surface area contributed by atoms with Gasteiger partial charge in [0.05, 0.1) is 17.4 Å². The van der Waals surface area contributed by atoms with Crippen molar-refractivity contribution in [2.75, 3.05) is 6.54 Å². The third kappa shape index (κ3) is 2.61. The van der Waals surface area contributed by atoms with Gasteiger partial charge >= 0.3 is 0 Å². The van der Waals surface area contributed by atoms with Crippen molar-refractivity contribution in [3.05, 3.63) is 38.3 Å². The molecular weight excluding hydrogens is 298 g/mol. The fraction of sp³-hybridized carbons (Fsp3) is 0.417. The quantitative estimate of drug-likeness (QED) is 0.939. The SMILES string of the molecule is CCNC(c1sccc1Br)c1cc(C)nn1C. The van der Waals surface area contributed by atoms with E-state index in [1.165, 1.54) is 10.6 Å². The molecule has 0 saturated heterocycles. The molecule has 92 valence electrons. The maximum atomic E-state index is 4.42. The van der Waals surface area contributed by atoms with Crippen LogP contribution in [-0.2, 0) is 7.05 Å². The maximum Gasteiger partial charge on any atom is 0.0853 e. The molecule has 2 rings (SSSR count). The number of halogens is 1. The molecule has 5 heteroatoms. The molecule has 0 bridgehead atoms. The minimum atomic E-state index is 0.209. The van der Waals surface area contributed by atoms with E-state index in [2.05, 4.69) is 50.8 Å². The van der Waals surface area contributed by atoms with Crippen LogP contribution in [0.15, 0.2) is 22.0 Å². The zero-order valence-corrected chi connectivity index (χ0v) is 12.6. The smallest absolute Gasteiger partial charge is 0.0853 e. The van der Waals surface area contributed by atoms with Gasteiger partial charge in [0.15, 0.2) is 0 Å². The Morgan fingerprint density at radius 3 is 2.82 bits per heavy atom. The van der Waals surface area contributed by atoms with Crippen LogP contribution in [0, 0.1) is 6.92 Å². The summed E-state index contributed by atoms with van der Waals surface area (Å²) < 4.78 is 3.11. The van der Waals surface area contributed by atoms with Crippen LogP contribution in [0.1, 0.15) is 29.2 Å². The Hall–Kier alpha value is -0.650. The average Bonchev–Trinajstić information content (AvgIpc) is 2.82. The van der Waals surface area contributed by atoms with Crippen molar-refractivity contribution in [3.63, 3.8) is 0 Å². The molecule has 0 amide bonds. The topological polar surface area (TPSA) is 29.9 Å². The second-order valence-corrected chi connectivity index (χ2v) is 5.76. The number of hydrogen-bond acceptors (Lipinski definition) is 3. The highest BCUT2D eigenvalue weighted by atomic mass is 79.9. The fourth-order valence-corrected chi connectivity index (χ4v) is 3.64. The van der Waals surface area contributed by atoms with Crippen molar-refractivity contribution in [1.82, 2.24) is 15.1 Å². The van der Waals surface area contributed by atoms with E-state index in [0.717, 1.165) is 16.7 Å². The molecule has 2 heterocycles. The van der Waals surface area contributed by atoms with Gasteiger partial charge in [0.2, 0.25) is 0 Å². The molecule has 0 spiro atoms. The molecule has 0 radical (unpaired) electrons. The Morgan fingerprint density at radius 2 is 2.35 bits per heavy atom. The third-order valence-corrected chi connectivity index (χ3v) is 4.58. The summed E-state index contributed by atoms with van der Waals surface area (Å²) in [5, 5.41) is 10.0. The highest BCUT2D eigenvalue weighted by Crippen LogP contribution is 2.33. The Bertz CT molecular complexity index is 504. The van der Waals surface area contributed by atoms with Gasteiger partial charge in [-0.05, 0) is 46.9 Å². The molecule has 2 aromatic rings. The predicted octanol–water partition coefficient (Wildman–Crippen LogP) is 3.25. The molecule has 1 unspecified atom stereocenters. The van der Waals surface area contributed by atoms with Crippen LogP contribution in [0.2, 0.25) is 0 Å². The van der Waals surface area contributed by atoms with Crippen LogP contribution >= 0.6 is 27.3 Å². The fourth-order valence-electron chi connectivity index (χ4n) is 1.95. The lowest BCUT2D eigenvalue weighted by atomic mass is 10.1. The second-order valence-electron chi connectivity index (χ2n) is 3.96. The molecular formula is C12H16BrN3S. The van der Waals surface area contributed by atoms with Crippen LogP contribution in [-0.4, -0.2) is 16.3 Å². The van der Waals surface area contributed by atoms with Crippen LogP contribution in [0.5, 0.6) is 0 Å². The molecule has 0 fully saturated rings. The van der Waals surface area contributed by atoms with Gasteiger partial charge in [-0.2, -0.15) is 5.10 Å². The van der Waals surface area contributed by atoms with E-state index < -0.39 is 0 Å². The van der Waals surface area contributed by atoms with Gasteiger partial charge in [-0.25, -0.2) is 0 Å². The Labute approximate surface area is 114 Å². The molecule has 0 aliphatic carbocycles. The first-order valence-electron chi connectivity index (χ1n) is 5.60. The Balaban J connectivity index is 2.42. The van der Waals surface area contributed by atoms with Crippen LogP contribution in [0.4, 0.5) is 0 Å². The van der Waals surface area contributed by atoms with Gasteiger partial charge in [-0.1, -0.05) is 6.92 Å². The van der Waals surface area contributed by atoms with Crippen LogP contribution in [0.25, 0.3) is 0 Å². The zero-order valence-electron chi connectivity index (χ0n) is 10.2. The van der Waals surface area contributed by atoms with Crippen molar-refractivity contribution in [1.29, 1.82) is 0 Å². The molecule has 1 atom stereocenters. The molecule has 3 nitrogen and oxygen atoms in total. The number of aromatic nitrogens is 2. The third-order valence-electron chi connectivity index (χ3n) is 2.65. The molecule has 0 aliphatic heterocycles. The van der Waals surface area contributed by atoms with Gasteiger partial charge in [-0.3, -0.25) is 4.68 Å². The van der Waals surface area contributed by atoms with Crippen molar-refractivity contribution in [3.8, 4) is 0 Å². The predicted molar refractivity (Wildman–Crippen MR) is 75.5 cm³/mol. The second kappa shape index (κ2) is 5.33. The molecule has 17 heavy (non-hydrogen) atoms. The highest BCUT2D eigenvalue weighted by molar-refractivity contribution is 9.10. The lowest BCUT2D eigenvalue weighted by Gasteiger charge is -2.17. The van der Waals surface area contributed by atoms with E-state index in [1.807, 2.05) is 18.7 Å². The highest BCUT2D eigenvalue weighted by Gasteiger charge is 2.20. The first kappa shape index (κ1) is 12.8. The van der Waals surface area contributed by atoms with Gasteiger partial charge in [0.1, 0.15) is 0 Å². The summed E-state index contributed by atoms with van der Waals surface area (Å²) in [4.78, 5) is 1.30. The minimum absolute atomic E-state index is 0.209. The molecule has 0 saturated carbocycles. The van der Waals surface area contributed by atoms with Crippen molar-refractivity contribution >= 4 is 27.3 Å². The molecule has 2 aromatic heterocycles. The maximum absolute atomic E-state index is 4.42. The van der Waals surface area contributed by atoms with E-state index in [4.69, 9.17) is 0 Å². The van der Waals surface area contributed by atoms with Crippen molar-refractivity contribution in [2.24, 2.45) is 7.05 Å². The van der Waals surface area contributed by atoms with E-state index in [-0.39, 0.29) is 6.04 Å². The normalized spacial score (nSPS) is 12.9. The Morgan fingerprint density at radius 1 is 1.59 bits per heavy atom. The van der Waals surface area contributed by atoms with Crippen LogP contribution in [0.3, 0.4) is 0 Å². The molecule has 1 N–H and O–H groups in total. The van der Waals surface area contributed by atoms with Crippen molar-refractivity contribution in [2.45, 2.75) is 19.9 Å². The summed E-state index contributed by atoms with van der Waals surface area (Å²) in [6.07, 6.45) is 0. The van der Waals surface area contributed by atoms with Gasteiger partial charge in [0, 0.05) is 16.4 Å². The average molecular weight is 314 g/mol. The van der Waals surface area contributed by atoms with E-state index in [1.54, 1.807) is 11.3 Å². The van der Waals surface area contributed by atoms with Gasteiger partial charge in [0.25, 0.3) is 0 Å². The van der Waals surface area contributed by atoms with E-state index in [0.29, 0.717) is 0 Å². The summed E-state index contributed by atoms with van der Waals surface area (Å²) in [5.74, 6) is 0. The van der Waals surface area contributed by atoms with E-state index in [9.17, 15) is 0 Å². The molecule has 0 aromatic carbocycles. The van der Waals surface area contributed by atoms with E-state index >= 15 is 0 Å². The lowest BCUT2D eigenvalue weighted by molar-refractivity contribution is 0.577. The van der Waals surface area contributed by atoms with Crippen LogP contribution < -0.4 is 5.32 Å². The van der Waals surface area contributed by atoms with Gasteiger partial charge in [-0.15, -0.1) is 11.3 Å².